The normalized spacial score (nSPS) is 12.7. The van der Waals surface area contributed by atoms with Crippen molar-refractivity contribution in [3.05, 3.63) is 52.8 Å². The molecule has 2 heterocycles. The lowest BCUT2D eigenvalue weighted by Gasteiger charge is -2.17. The molecule has 0 fully saturated rings. The number of aryl methyl sites for hydroxylation is 2. The molecule has 0 saturated carbocycles. The van der Waals surface area contributed by atoms with Crippen molar-refractivity contribution in [3.8, 4) is 11.4 Å². The number of benzene rings is 1. The minimum atomic E-state index is -3.22. The summed E-state index contributed by atoms with van der Waals surface area (Å²) in [5, 5.41) is 7.55. The highest BCUT2D eigenvalue weighted by molar-refractivity contribution is 7.90. The van der Waals surface area contributed by atoms with E-state index in [2.05, 4.69) is 20.4 Å². The maximum atomic E-state index is 12.3. The summed E-state index contributed by atoms with van der Waals surface area (Å²) in [5.41, 5.74) is 4.62. The molecule has 1 aromatic carbocycles. The molecule has 1 N–H and O–H groups in total. The minimum absolute atomic E-state index is 0.280. The van der Waals surface area contributed by atoms with Gasteiger partial charge in [-0.3, -0.25) is 4.68 Å². The highest BCUT2D eigenvalue weighted by Crippen LogP contribution is 2.34. The Labute approximate surface area is 180 Å². The summed E-state index contributed by atoms with van der Waals surface area (Å²) in [6.07, 6.45) is 4.36. The van der Waals surface area contributed by atoms with Crippen LogP contribution in [0, 0.1) is 0 Å². The van der Waals surface area contributed by atoms with E-state index in [-0.39, 0.29) is 4.90 Å². The van der Waals surface area contributed by atoms with E-state index in [0.717, 1.165) is 28.1 Å². The molecule has 1 aliphatic rings. The number of fused-ring (bicyclic) bond motifs is 3. The summed E-state index contributed by atoms with van der Waals surface area (Å²) in [5.74, 6) is 0.0189. The van der Waals surface area contributed by atoms with Gasteiger partial charge in [0.05, 0.1) is 22.9 Å². The zero-order valence-electron chi connectivity index (χ0n) is 17.5. The molecule has 9 nitrogen and oxygen atoms in total. The zero-order valence-corrected chi connectivity index (χ0v) is 18.4. The van der Waals surface area contributed by atoms with Gasteiger partial charge >= 0.3 is 5.97 Å². The van der Waals surface area contributed by atoms with E-state index < -0.39 is 15.8 Å². The number of sulfone groups is 1. The van der Waals surface area contributed by atoms with Crippen LogP contribution in [-0.2, 0) is 41.0 Å². The van der Waals surface area contributed by atoms with Crippen molar-refractivity contribution in [2.45, 2.75) is 31.2 Å². The third-order valence-electron chi connectivity index (χ3n) is 5.15. The second-order valence-electron chi connectivity index (χ2n) is 7.36. The third kappa shape index (κ3) is 4.15. The lowest BCUT2D eigenvalue weighted by molar-refractivity contribution is 0.0517. The number of hydrogen-bond donors (Lipinski definition) is 1. The number of esters is 1. The first-order valence-electron chi connectivity index (χ1n) is 9.90. The molecule has 4 rings (SSSR count). The van der Waals surface area contributed by atoms with Crippen molar-refractivity contribution in [1.82, 2.24) is 19.7 Å². The average molecular weight is 442 g/mol. The maximum Gasteiger partial charge on any atom is 0.359 e. The molecule has 0 amide bonds. The predicted molar refractivity (Wildman–Crippen MR) is 114 cm³/mol. The van der Waals surface area contributed by atoms with Crippen molar-refractivity contribution >= 4 is 21.8 Å². The number of nitrogens with zero attached hydrogens (tertiary/aromatic N) is 4. The van der Waals surface area contributed by atoms with Gasteiger partial charge in [0.1, 0.15) is 0 Å². The number of anilines is 1. The van der Waals surface area contributed by atoms with Gasteiger partial charge in [-0.2, -0.15) is 5.10 Å². The number of aromatic nitrogens is 4. The molecular weight excluding hydrogens is 418 g/mol. The Morgan fingerprint density at radius 3 is 2.65 bits per heavy atom. The number of hydrogen-bond acceptors (Lipinski definition) is 8. The van der Waals surface area contributed by atoms with Crippen LogP contribution in [0.15, 0.2) is 35.4 Å². The van der Waals surface area contributed by atoms with Crippen LogP contribution in [0.5, 0.6) is 0 Å². The molecule has 10 heteroatoms. The maximum absolute atomic E-state index is 12.3. The van der Waals surface area contributed by atoms with Crippen LogP contribution in [0.1, 0.15) is 34.1 Å². The molecule has 0 aliphatic heterocycles. The Bertz CT molecular complexity index is 1250. The largest absolute Gasteiger partial charge is 0.461 e. The monoisotopic (exact) mass is 441 g/mol. The second kappa shape index (κ2) is 8.10. The fourth-order valence-electron chi connectivity index (χ4n) is 3.64. The van der Waals surface area contributed by atoms with E-state index in [1.54, 1.807) is 49.1 Å². The summed E-state index contributed by atoms with van der Waals surface area (Å²) in [7, 11) is -1.44. The van der Waals surface area contributed by atoms with Gasteiger partial charge in [-0.05, 0) is 43.0 Å². The van der Waals surface area contributed by atoms with E-state index in [1.807, 2.05) is 0 Å². The SMILES string of the molecule is CCOC(=O)c1nn(C)c2c1CCc1cnc(NCc3ccc(S(C)(=O)=O)cc3)nc1-2. The topological polar surface area (TPSA) is 116 Å². The van der Waals surface area contributed by atoms with Crippen LogP contribution >= 0.6 is 0 Å². The Morgan fingerprint density at radius 1 is 1.23 bits per heavy atom. The van der Waals surface area contributed by atoms with Gasteiger partial charge in [0.2, 0.25) is 5.95 Å². The van der Waals surface area contributed by atoms with Gasteiger partial charge in [0.25, 0.3) is 0 Å². The summed E-state index contributed by atoms with van der Waals surface area (Å²) in [4.78, 5) is 21.6. The van der Waals surface area contributed by atoms with Gasteiger partial charge in [0, 0.05) is 31.6 Å². The minimum Gasteiger partial charge on any atom is -0.461 e. The molecule has 0 atom stereocenters. The van der Waals surface area contributed by atoms with E-state index in [9.17, 15) is 13.2 Å². The van der Waals surface area contributed by atoms with Gasteiger partial charge in [-0.25, -0.2) is 23.2 Å². The summed E-state index contributed by atoms with van der Waals surface area (Å²) < 4.78 is 30.0. The summed E-state index contributed by atoms with van der Waals surface area (Å²) >= 11 is 0. The highest BCUT2D eigenvalue weighted by Gasteiger charge is 2.29. The van der Waals surface area contributed by atoms with Gasteiger partial charge in [-0.15, -0.1) is 0 Å². The van der Waals surface area contributed by atoms with Crippen LogP contribution in [0.4, 0.5) is 5.95 Å². The molecule has 0 unspecified atom stereocenters. The lowest BCUT2D eigenvalue weighted by Crippen LogP contribution is -2.13. The van der Waals surface area contributed by atoms with Crippen LogP contribution in [0.2, 0.25) is 0 Å². The van der Waals surface area contributed by atoms with Crippen molar-refractivity contribution < 1.29 is 17.9 Å². The Kier molecular flexibility index (Phi) is 5.48. The molecule has 31 heavy (non-hydrogen) atoms. The van der Waals surface area contributed by atoms with Crippen molar-refractivity contribution in [3.63, 3.8) is 0 Å². The smallest absolute Gasteiger partial charge is 0.359 e. The number of nitrogens with one attached hydrogen (secondary N) is 1. The van der Waals surface area contributed by atoms with E-state index in [1.165, 1.54) is 6.26 Å². The molecule has 0 saturated heterocycles. The molecule has 2 aromatic heterocycles. The number of ether oxygens (including phenoxy) is 1. The number of rotatable bonds is 6. The van der Waals surface area contributed by atoms with Crippen LogP contribution < -0.4 is 5.32 Å². The van der Waals surface area contributed by atoms with Gasteiger partial charge < -0.3 is 10.1 Å². The standard InChI is InChI=1S/C21H23N5O4S/c1-4-30-20(27)18-16-10-7-14-12-23-21(24-17(14)19(16)26(2)25-18)22-11-13-5-8-15(9-6-13)31(3,28)29/h5-6,8-9,12H,4,7,10-11H2,1-3H3,(H,22,23,24). The van der Waals surface area contributed by atoms with E-state index >= 15 is 0 Å². The van der Waals surface area contributed by atoms with Crippen LogP contribution in [0.25, 0.3) is 11.4 Å². The first-order chi connectivity index (χ1) is 14.8. The van der Waals surface area contributed by atoms with E-state index in [0.29, 0.717) is 37.6 Å². The zero-order chi connectivity index (χ0) is 22.2. The average Bonchev–Trinajstić information content (AvgIpc) is 3.09. The van der Waals surface area contributed by atoms with Crippen LogP contribution in [0.3, 0.4) is 0 Å². The number of carbonyl (C=O) groups is 1. The van der Waals surface area contributed by atoms with Crippen molar-refractivity contribution in [2.75, 3.05) is 18.2 Å². The highest BCUT2D eigenvalue weighted by atomic mass is 32.2. The second-order valence-corrected chi connectivity index (χ2v) is 9.37. The molecule has 0 radical (unpaired) electrons. The van der Waals surface area contributed by atoms with E-state index in [4.69, 9.17) is 4.74 Å². The van der Waals surface area contributed by atoms with Gasteiger partial charge in [0.15, 0.2) is 15.5 Å². The molecule has 0 spiro atoms. The van der Waals surface area contributed by atoms with Crippen molar-refractivity contribution in [1.29, 1.82) is 0 Å². The molecule has 0 bridgehead atoms. The predicted octanol–water partition coefficient (Wildman–Crippen LogP) is 2.17. The molecule has 3 aromatic rings. The quantitative estimate of drug-likeness (QED) is 0.579. The first-order valence-corrected chi connectivity index (χ1v) is 11.8. The van der Waals surface area contributed by atoms with Crippen molar-refractivity contribution in [2.24, 2.45) is 7.05 Å². The van der Waals surface area contributed by atoms with Crippen LogP contribution in [-0.4, -0.2) is 47.0 Å². The Morgan fingerprint density at radius 2 is 1.97 bits per heavy atom. The molecule has 162 valence electrons. The first kappa shape index (κ1) is 21.0. The Balaban J connectivity index is 1.58. The Hall–Kier alpha value is -3.27. The lowest BCUT2D eigenvalue weighted by atomic mass is 9.93. The number of carbonyl (C=O) groups excluding carboxylic acids is 1. The van der Waals surface area contributed by atoms with Gasteiger partial charge in [-0.1, -0.05) is 12.1 Å². The summed E-state index contributed by atoms with van der Waals surface area (Å²) in [6.45, 7) is 2.50. The fourth-order valence-corrected chi connectivity index (χ4v) is 4.27. The summed E-state index contributed by atoms with van der Waals surface area (Å²) in [6, 6.07) is 6.68. The molecular formula is C21H23N5O4S. The third-order valence-corrected chi connectivity index (χ3v) is 6.28. The molecule has 1 aliphatic carbocycles. The fraction of sp³-hybridized carbons (Fsp3) is 0.333.